The molecular formula is C8H17NS. The Balaban J connectivity index is 3.03. The minimum atomic E-state index is 0.401. The lowest BCUT2D eigenvalue weighted by Crippen LogP contribution is -2.18. The minimum Gasteiger partial charge on any atom is -0.328 e. The van der Waals surface area contributed by atoms with E-state index in [2.05, 4.69) is 18.4 Å². The minimum absolute atomic E-state index is 0.401. The second-order valence-corrected chi connectivity index (χ2v) is 3.31. The van der Waals surface area contributed by atoms with Gasteiger partial charge in [-0.25, -0.2) is 0 Å². The largest absolute Gasteiger partial charge is 0.328 e. The van der Waals surface area contributed by atoms with E-state index in [9.17, 15) is 0 Å². The zero-order valence-electron chi connectivity index (χ0n) is 6.84. The van der Waals surface area contributed by atoms with Gasteiger partial charge in [-0.15, -0.1) is 11.8 Å². The van der Waals surface area contributed by atoms with Gasteiger partial charge in [0, 0.05) is 6.04 Å². The van der Waals surface area contributed by atoms with Gasteiger partial charge in [-0.3, -0.25) is 0 Å². The Labute approximate surface area is 68.1 Å². The van der Waals surface area contributed by atoms with Gasteiger partial charge in [-0.05, 0) is 30.9 Å². The molecule has 0 aliphatic carbocycles. The highest BCUT2D eigenvalue weighted by atomic mass is 32.2. The third kappa shape index (κ3) is 6.17. The standard InChI is InChI=1S/C8H17NS/c1-3-6-10-7-5-8(9)4-2/h3,6,8H,4-5,7,9H2,1-2H3/b6-3-. The SMILES string of the molecule is C/C=C\SCCC(N)CC. The molecule has 0 aromatic carbocycles. The Morgan fingerprint density at radius 3 is 2.80 bits per heavy atom. The third-order valence-corrected chi connectivity index (χ3v) is 2.30. The maximum absolute atomic E-state index is 5.72. The Morgan fingerprint density at radius 2 is 2.30 bits per heavy atom. The van der Waals surface area contributed by atoms with Crippen molar-refractivity contribution in [3.05, 3.63) is 11.5 Å². The summed E-state index contributed by atoms with van der Waals surface area (Å²) in [5.74, 6) is 1.15. The van der Waals surface area contributed by atoms with E-state index < -0.39 is 0 Å². The van der Waals surface area contributed by atoms with Gasteiger partial charge in [0.05, 0.1) is 0 Å². The smallest absolute Gasteiger partial charge is 0.00441 e. The van der Waals surface area contributed by atoms with Gasteiger partial charge < -0.3 is 5.73 Å². The summed E-state index contributed by atoms with van der Waals surface area (Å²) < 4.78 is 0. The second kappa shape index (κ2) is 7.16. The van der Waals surface area contributed by atoms with Crippen LogP contribution in [0.3, 0.4) is 0 Å². The maximum Gasteiger partial charge on any atom is 0.00441 e. The second-order valence-electron chi connectivity index (χ2n) is 2.30. The van der Waals surface area contributed by atoms with Crippen molar-refractivity contribution in [1.29, 1.82) is 0 Å². The summed E-state index contributed by atoms with van der Waals surface area (Å²) in [4.78, 5) is 0. The monoisotopic (exact) mass is 159 g/mol. The van der Waals surface area contributed by atoms with Crippen molar-refractivity contribution in [2.45, 2.75) is 32.7 Å². The van der Waals surface area contributed by atoms with E-state index in [-0.39, 0.29) is 0 Å². The van der Waals surface area contributed by atoms with Crippen LogP contribution in [0, 0.1) is 0 Å². The molecule has 0 amide bonds. The van der Waals surface area contributed by atoms with Gasteiger partial charge in [-0.1, -0.05) is 13.0 Å². The van der Waals surface area contributed by atoms with Gasteiger partial charge in [0.15, 0.2) is 0 Å². The molecule has 0 radical (unpaired) electrons. The Hall–Kier alpha value is 0.0500. The fraction of sp³-hybridized carbons (Fsp3) is 0.750. The quantitative estimate of drug-likeness (QED) is 0.623. The highest BCUT2D eigenvalue weighted by molar-refractivity contribution is 8.02. The fourth-order valence-electron chi connectivity index (χ4n) is 0.588. The molecule has 0 aliphatic heterocycles. The molecule has 0 fully saturated rings. The molecule has 60 valence electrons. The van der Waals surface area contributed by atoms with Gasteiger partial charge in [0.25, 0.3) is 0 Å². The van der Waals surface area contributed by atoms with E-state index in [4.69, 9.17) is 5.73 Å². The van der Waals surface area contributed by atoms with Crippen LogP contribution < -0.4 is 5.73 Å². The van der Waals surface area contributed by atoms with Crippen molar-refractivity contribution >= 4 is 11.8 Å². The first-order valence-corrected chi connectivity index (χ1v) is 4.84. The molecule has 0 spiro atoms. The van der Waals surface area contributed by atoms with Crippen LogP contribution in [-0.2, 0) is 0 Å². The highest BCUT2D eigenvalue weighted by Crippen LogP contribution is 2.06. The molecule has 0 saturated heterocycles. The Bertz CT molecular complexity index is 91.3. The maximum atomic E-state index is 5.72. The van der Waals surface area contributed by atoms with E-state index >= 15 is 0 Å². The van der Waals surface area contributed by atoms with Crippen molar-refractivity contribution in [1.82, 2.24) is 0 Å². The molecule has 0 aliphatic rings. The molecule has 2 N–H and O–H groups in total. The predicted octanol–water partition coefficient (Wildman–Crippen LogP) is 2.38. The number of hydrogen-bond donors (Lipinski definition) is 1. The molecule has 0 heterocycles. The lowest BCUT2D eigenvalue weighted by molar-refractivity contribution is 0.634. The molecule has 0 rings (SSSR count). The summed E-state index contributed by atoms with van der Waals surface area (Å²) >= 11 is 1.84. The molecule has 0 aromatic heterocycles. The van der Waals surface area contributed by atoms with E-state index in [1.54, 1.807) is 0 Å². The summed E-state index contributed by atoms with van der Waals surface area (Å²) in [5.41, 5.74) is 5.72. The van der Waals surface area contributed by atoms with Crippen LogP contribution in [0.5, 0.6) is 0 Å². The van der Waals surface area contributed by atoms with Crippen LogP contribution in [0.15, 0.2) is 11.5 Å². The lowest BCUT2D eigenvalue weighted by Gasteiger charge is -2.05. The molecule has 0 aromatic rings. The van der Waals surface area contributed by atoms with Crippen molar-refractivity contribution in [2.75, 3.05) is 5.75 Å². The summed E-state index contributed by atoms with van der Waals surface area (Å²) in [7, 11) is 0. The number of nitrogens with two attached hydrogens (primary N) is 1. The zero-order chi connectivity index (χ0) is 7.82. The first-order chi connectivity index (χ1) is 4.81. The summed E-state index contributed by atoms with van der Waals surface area (Å²) in [6.07, 6.45) is 4.28. The summed E-state index contributed by atoms with van der Waals surface area (Å²) in [5, 5.41) is 2.11. The molecule has 10 heavy (non-hydrogen) atoms. The van der Waals surface area contributed by atoms with Crippen molar-refractivity contribution < 1.29 is 0 Å². The molecule has 1 nitrogen and oxygen atoms in total. The van der Waals surface area contributed by atoms with E-state index in [1.165, 1.54) is 0 Å². The van der Waals surface area contributed by atoms with Crippen LogP contribution in [0.1, 0.15) is 26.7 Å². The van der Waals surface area contributed by atoms with E-state index in [1.807, 2.05) is 18.7 Å². The molecular weight excluding hydrogens is 142 g/mol. The number of rotatable bonds is 5. The summed E-state index contributed by atoms with van der Waals surface area (Å²) in [6, 6.07) is 0.401. The molecule has 1 atom stereocenters. The Morgan fingerprint density at radius 1 is 1.60 bits per heavy atom. The molecule has 0 bridgehead atoms. The first kappa shape index (κ1) is 10.0. The van der Waals surface area contributed by atoms with Crippen molar-refractivity contribution in [3.63, 3.8) is 0 Å². The normalized spacial score (nSPS) is 14.3. The lowest BCUT2D eigenvalue weighted by atomic mass is 10.2. The van der Waals surface area contributed by atoms with E-state index in [0.717, 1.165) is 18.6 Å². The van der Waals surface area contributed by atoms with Crippen LogP contribution >= 0.6 is 11.8 Å². The fourth-order valence-corrected chi connectivity index (χ4v) is 1.36. The number of allylic oxidation sites excluding steroid dienone is 1. The number of hydrogen-bond acceptors (Lipinski definition) is 2. The number of thioether (sulfide) groups is 1. The van der Waals surface area contributed by atoms with Gasteiger partial charge in [-0.2, -0.15) is 0 Å². The topological polar surface area (TPSA) is 26.0 Å². The molecule has 1 unspecified atom stereocenters. The van der Waals surface area contributed by atoms with Gasteiger partial charge in [0.1, 0.15) is 0 Å². The Kier molecular flexibility index (Phi) is 7.20. The van der Waals surface area contributed by atoms with Gasteiger partial charge >= 0.3 is 0 Å². The van der Waals surface area contributed by atoms with Crippen LogP contribution in [-0.4, -0.2) is 11.8 Å². The van der Waals surface area contributed by atoms with Crippen LogP contribution in [0.4, 0.5) is 0 Å². The van der Waals surface area contributed by atoms with Crippen molar-refractivity contribution in [3.8, 4) is 0 Å². The average molecular weight is 159 g/mol. The van der Waals surface area contributed by atoms with Crippen molar-refractivity contribution in [2.24, 2.45) is 5.73 Å². The highest BCUT2D eigenvalue weighted by Gasteiger charge is 1.95. The molecule has 0 saturated carbocycles. The van der Waals surface area contributed by atoms with Crippen LogP contribution in [0.2, 0.25) is 0 Å². The predicted molar refractivity (Wildman–Crippen MR) is 50.2 cm³/mol. The average Bonchev–Trinajstić information content (AvgIpc) is 1.98. The van der Waals surface area contributed by atoms with Crippen LogP contribution in [0.25, 0.3) is 0 Å². The zero-order valence-corrected chi connectivity index (χ0v) is 7.66. The summed E-state index contributed by atoms with van der Waals surface area (Å²) in [6.45, 7) is 4.16. The van der Waals surface area contributed by atoms with Gasteiger partial charge in [0.2, 0.25) is 0 Å². The first-order valence-electron chi connectivity index (χ1n) is 3.79. The third-order valence-electron chi connectivity index (χ3n) is 1.36. The van der Waals surface area contributed by atoms with E-state index in [0.29, 0.717) is 6.04 Å². The molecule has 2 heteroatoms.